The van der Waals surface area contributed by atoms with Gasteiger partial charge in [-0.3, -0.25) is 9.48 Å². The van der Waals surface area contributed by atoms with E-state index in [9.17, 15) is 4.79 Å². The molecule has 0 bridgehead atoms. The fourth-order valence-corrected chi connectivity index (χ4v) is 3.17. The Balaban J connectivity index is 1.66. The lowest BCUT2D eigenvalue weighted by atomic mass is 10.1. The van der Waals surface area contributed by atoms with Crippen molar-refractivity contribution in [2.75, 3.05) is 13.7 Å². The monoisotopic (exact) mass is 352 g/mol. The molecule has 1 aromatic carbocycles. The highest BCUT2D eigenvalue weighted by Gasteiger charge is 2.17. The largest absolute Gasteiger partial charge is 0.497 e. The van der Waals surface area contributed by atoms with E-state index in [-0.39, 0.29) is 5.91 Å². The Morgan fingerprint density at radius 1 is 1.27 bits per heavy atom. The molecular weight excluding hydrogens is 328 g/mol. The number of rotatable bonds is 6. The predicted octanol–water partition coefficient (Wildman–Crippen LogP) is 2.96. The highest BCUT2D eigenvalue weighted by molar-refractivity contribution is 6.06. The number of ether oxygens (including phenoxy) is 1. The zero-order valence-corrected chi connectivity index (χ0v) is 15.7. The van der Waals surface area contributed by atoms with Gasteiger partial charge in [-0.05, 0) is 50.5 Å². The number of aromatic nitrogens is 3. The number of pyridine rings is 1. The van der Waals surface area contributed by atoms with Gasteiger partial charge in [0.15, 0.2) is 5.65 Å². The first-order valence-corrected chi connectivity index (χ1v) is 8.71. The molecule has 136 valence electrons. The van der Waals surface area contributed by atoms with Gasteiger partial charge >= 0.3 is 0 Å². The molecule has 1 amide bonds. The average molecular weight is 352 g/mol. The standard InChI is InChI=1S/C20H24N4O2/c1-13-11-17(18-14(2)23-24(3)19(18)22-13)20(25)21-10-6-8-15-7-5-9-16(12-15)26-4/h5,7,9,11-12H,6,8,10H2,1-4H3,(H,21,25). The molecule has 1 N–H and O–H groups in total. The van der Waals surface area contributed by atoms with Crippen molar-refractivity contribution in [2.45, 2.75) is 26.7 Å². The summed E-state index contributed by atoms with van der Waals surface area (Å²) in [6, 6.07) is 9.83. The normalized spacial score (nSPS) is 10.9. The first kappa shape index (κ1) is 17.9. The van der Waals surface area contributed by atoms with E-state index >= 15 is 0 Å². The van der Waals surface area contributed by atoms with Gasteiger partial charge in [-0.2, -0.15) is 5.10 Å². The van der Waals surface area contributed by atoms with Crippen molar-refractivity contribution in [1.29, 1.82) is 0 Å². The molecule has 0 fully saturated rings. The number of benzene rings is 1. The number of hydrogen-bond acceptors (Lipinski definition) is 4. The quantitative estimate of drug-likeness (QED) is 0.693. The first-order chi connectivity index (χ1) is 12.5. The van der Waals surface area contributed by atoms with Crippen molar-refractivity contribution in [3.63, 3.8) is 0 Å². The van der Waals surface area contributed by atoms with Crippen LogP contribution in [0.4, 0.5) is 0 Å². The molecule has 0 unspecified atom stereocenters. The zero-order chi connectivity index (χ0) is 18.7. The third-order valence-electron chi connectivity index (χ3n) is 4.40. The van der Waals surface area contributed by atoms with Crippen LogP contribution >= 0.6 is 0 Å². The number of amides is 1. The molecule has 0 aliphatic rings. The van der Waals surface area contributed by atoms with Crippen LogP contribution in [0.3, 0.4) is 0 Å². The SMILES string of the molecule is COc1cccc(CCCNC(=O)c2cc(C)nc3c2c(C)nn3C)c1. The van der Waals surface area contributed by atoms with E-state index in [1.54, 1.807) is 11.8 Å². The van der Waals surface area contributed by atoms with E-state index in [0.29, 0.717) is 12.1 Å². The van der Waals surface area contributed by atoms with Gasteiger partial charge in [0, 0.05) is 19.3 Å². The minimum atomic E-state index is -0.0813. The molecule has 6 nitrogen and oxygen atoms in total. The van der Waals surface area contributed by atoms with Crippen LogP contribution in [-0.2, 0) is 13.5 Å². The van der Waals surface area contributed by atoms with Crippen LogP contribution in [0.2, 0.25) is 0 Å². The number of nitrogens with zero attached hydrogens (tertiary/aromatic N) is 3. The molecular formula is C20H24N4O2. The molecule has 2 aromatic heterocycles. The van der Waals surface area contributed by atoms with E-state index in [4.69, 9.17) is 4.74 Å². The van der Waals surface area contributed by atoms with E-state index in [2.05, 4.69) is 21.5 Å². The molecule has 0 radical (unpaired) electrons. The highest BCUT2D eigenvalue weighted by atomic mass is 16.5. The predicted molar refractivity (Wildman–Crippen MR) is 102 cm³/mol. The minimum Gasteiger partial charge on any atom is -0.497 e. The lowest BCUT2D eigenvalue weighted by molar-refractivity contribution is 0.0954. The van der Waals surface area contributed by atoms with Gasteiger partial charge in [-0.1, -0.05) is 12.1 Å². The third kappa shape index (κ3) is 3.69. The Hall–Kier alpha value is -2.89. The molecule has 0 spiro atoms. The number of aryl methyl sites for hydroxylation is 4. The number of carbonyl (C=O) groups excluding carboxylic acids is 1. The molecule has 3 aromatic rings. The molecule has 26 heavy (non-hydrogen) atoms. The van der Waals surface area contributed by atoms with Crippen LogP contribution < -0.4 is 10.1 Å². The van der Waals surface area contributed by atoms with Crippen LogP contribution in [0.25, 0.3) is 11.0 Å². The molecule has 0 aliphatic carbocycles. The Morgan fingerprint density at radius 3 is 2.85 bits per heavy atom. The van der Waals surface area contributed by atoms with Crippen LogP contribution in [0.5, 0.6) is 5.75 Å². The summed E-state index contributed by atoms with van der Waals surface area (Å²) in [5.74, 6) is 0.774. The molecule has 0 aliphatic heterocycles. The first-order valence-electron chi connectivity index (χ1n) is 8.71. The minimum absolute atomic E-state index is 0.0813. The summed E-state index contributed by atoms with van der Waals surface area (Å²) in [6.07, 6.45) is 1.74. The average Bonchev–Trinajstić information content (AvgIpc) is 2.92. The Kier molecular flexibility index (Phi) is 5.21. The maximum absolute atomic E-state index is 12.7. The van der Waals surface area contributed by atoms with Gasteiger partial charge in [-0.15, -0.1) is 0 Å². The molecule has 0 saturated heterocycles. The van der Waals surface area contributed by atoms with E-state index in [0.717, 1.165) is 41.0 Å². The number of hydrogen-bond donors (Lipinski definition) is 1. The summed E-state index contributed by atoms with van der Waals surface area (Å²) in [5, 5.41) is 8.23. The van der Waals surface area contributed by atoms with Crippen molar-refractivity contribution in [3.05, 3.63) is 52.8 Å². The van der Waals surface area contributed by atoms with Crippen molar-refractivity contribution in [3.8, 4) is 5.75 Å². The van der Waals surface area contributed by atoms with Crippen molar-refractivity contribution in [2.24, 2.45) is 7.05 Å². The second-order valence-electron chi connectivity index (χ2n) is 6.43. The lowest BCUT2D eigenvalue weighted by Crippen LogP contribution is -2.25. The van der Waals surface area contributed by atoms with Crippen LogP contribution in [0, 0.1) is 13.8 Å². The summed E-state index contributed by atoms with van der Waals surface area (Å²) in [5.41, 5.74) is 4.20. The van der Waals surface area contributed by atoms with E-state index in [1.807, 2.05) is 45.2 Å². The highest BCUT2D eigenvalue weighted by Crippen LogP contribution is 2.21. The molecule has 6 heteroatoms. The number of methoxy groups -OCH3 is 1. The summed E-state index contributed by atoms with van der Waals surface area (Å²) < 4.78 is 6.96. The van der Waals surface area contributed by atoms with Crippen LogP contribution in [-0.4, -0.2) is 34.3 Å². The van der Waals surface area contributed by atoms with Gasteiger partial charge in [-0.25, -0.2) is 4.98 Å². The molecule has 0 atom stereocenters. The lowest BCUT2D eigenvalue weighted by Gasteiger charge is -2.08. The van der Waals surface area contributed by atoms with Crippen LogP contribution in [0.15, 0.2) is 30.3 Å². The van der Waals surface area contributed by atoms with Crippen LogP contribution in [0.1, 0.15) is 33.7 Å². The fourth-order valence-electron chi connectivity index (χ4n) is 3.17. The Labute approximate surface area is 153 Å². The van der Waals surface area contributed by atoms with Crippen molar-refractivity contribution in [1.82, 2.24) is 20.1 Å². The van der Waals surface area contributed by atoms with Crippen molar-refractivity contribution < 1.29 is 9.53 Å². The molecule has 0 saturated carbocycles. The zero-order valence-electron chi connectivity index (χ0n) is 15.7. The molecule has 2 heterocycles. The molecule has 3 rings (SSSR count). The second-order valence-corrected chi connectivity index (χ2v) is 6.43. The van der Waals surface area contributed by atoms with Gasteiger partial charge in [0.2, 0.25) is 0 Å². The topological polar surface area (TPSA) is 69.0 Å². The maximum atomic E-state index is 12.7. The number of nitrogens with one attached hydrogen (secondary N) is 1. The Bertz CT molecular complexity index is 946. The fraction of sp³-hybridized carbons (Fsp3) is 0.350. The summed E-state index contributed by atoms with van der Waals surface area (Å²) in [4.78, 5) is 17.2. The van der Waals surface area contributed by atoms with Crippen molar-refractivity contribution >= 4 is 16.9 Å². The van der Waals surface area contributed by atoms with E-state index < -0.39 is 0 Å². The number of carbonyl (C=O) groups is 1. The number of fused-ring (bicyclic) bond motifs is 1. The smallest absolute Gasteiger partial charge is 0.252 e. The van der Waals surface area contributed by atoms with Gasteiger partial charge in [0.05, 0.1) is 23.8 Å². The van der Waals surface area contributed by atoms with E-state index in [1.165, 1.54) is 5.56 Å². The summed E-state index contributed by atoms with van der Waals surface area (Å²) in [7, 11) is 3.51. The van der Waals surface area contributed by atoms with Gasteiger partial charge in [0.1, 0.15) is 5.75 Å². The van der Waals surface area contributed by atoms with Gasteiger partial charge in [0.25, 0.3) is 5.91 Å². The Morgan fingerprint density at radius 2 is 2.08 bits per heavy atom. The van der Waals surface area contributed by atoms with Gasteiger partial charge < -0.3 is 10.1 Å². The second kappa shape index (κ2) is 7.56. The maximum Gasteiger partial charge on any atom is 0.252 e. The summed E-state index contributed by atoms with van der Waals surface area (Å²) in [6.45, 7) is 4.40. The third-order valence-corrected chi connectivity index (χ3v) is 4.40. The summed E-state index contributed by atoms with van der Waals surface area (Å²) >= 11 is 0.